The number of carbonyl (C=O) groups is 2. The van der Waals surface area contributed by atoms with E-state index >= 15 is 0 Å². The van der Waals surface area contributed by atoms with Gasteiger partial charge in [0.2, 0.25) is 5.91 Å². The van der Waals surface area contributed by atoms with Gasteiger partial charge in [0.15, 0.2) is 0 Å². The van der Waals surface area contributed by atoms with Gasteiger partial charge in [-0.05, 0) is 12.3 Å². The Bertz CT molecular complexity index is 267. The minimum atomic E-state index is -0.876. The minimum absolute atomic E-state index is 0.00342. The fourth-order valence-electron chi connectivity index (χ4n) is 1.66. The van der Waals surface area contributed by atoms with Gasteiger partial charge in [-0.25, -0.2) is 0 Å². The van der Waals surface area contributed by atoms with Crippen molar-refractivity contribution in [1.82, 2.24) is 4.90 Å². The van der Waals surface area contributed by atoms with E-state index in [1.165, 1.54) is 0 Å². The van der Waals surface area contributed by atoms with Gasteiger partial charge in [0.25, 0.3) is 0 Å². The zero-order valence-corrected chi connectivity index (χ0v) is 9.81. The Morgan fingerprint density at radius 1 is 1.44 bits per heavy atom. The van der Waals surface area contributed by atoms with E-state index < -0.39 is 5.97 Å². The second-order valence-corrected chi connectivity index (χ2v) is 4.28. The molecular weight excluding hydrogens is 210 g/mol. The van der Waals surface area contributed by atoms with E-state index in [2.05, 4.69) is 0 Å². The van der Waals surface area contributed by atoms with Crippen LogP contribution in [0.4, 0.5) is 0 Å². The molecule has 1 amide bonds. The Kier molecular flexibility index (Phi) is 4.73. The van der Waals surface area contributed by atoms with Crippen LogP contribution in [-0.4, -0.2) is 48.7 Å². The molecule has 5 heteroatoms. The first-order valence-electron chi connectivity index (χ1n) is 5.55. The minimum Gasteiger partial charge on any atom is -0.481 e. The molecule has 1 saturated carbocycles. The Morgan fingerprint density at radius 3 is 2.50 bits per heavy atom. The molecule has 5 nitrogen and oxygen atoms in total. The quantitative estimate of drug-likeness (QED) is 0.694. The third-order valence-electron chi connectivity index (χ3n) is 2.90. The van der Waals surface area contributed by atoms with Crippen LogP contribution >= 0.6 is 0 Å². The lowest BCUT2D eigenvalue weighted by atomic mass is 10.2. The fourth-order valence-corrected chi connectivity index (χ4v) is 1.66. The number of hydrogen-bond acceptors (Lipinski definition) is 3. The summed E-state index contributed by atoms with van der Waals surface area (Å²) in [5, 5.41) is 8.61. The number of aliphatic carboxylic acids is 1. The Balaban J connectivity index is 2.42. The highest BCUT2D eigenvalue weighted by molar-refractivity contribution is 5.82. The topological polar surface area (TPSA) is 66.8 Å². The van der Waals surface area contributed by atoms with Gasteiger partial charge >= 0.3 is 5.97 Å². The molecule has 1 fully saturated rings. The fraction of sp³-hybridized carbons (Fsp3) is 0.818. The number of amides is 1. The average Bonchev–Trinajstić information content (AvgIpc) is 2.94. The monoisotopic (exact) mass is 229 g/mol. The second-order valence-electron chi connectivity index (χ2n) is 4.28. The predicted molar refractivity (Wildman–Crippen MR) is 58.0 cm³/mol. The molecule has 0 aliphatic heterocycles. The molecule has 16 heavy (non-hydrogen) atoms. The number of rotatable bonds is 7. The standard InChI is InChI=1S/C11H19NO4/c1-8-7-9(8)11(15)12(5-6-16-2)4-3-10(13)14/h8-9H,3-7H2,1-2H3,(H,13,14). The molecule has 1 N–H and O–H groups in total. The molecule has 0 spiro atoms. The number of carboxylic acids is 1. The van der Waals surface area contributed by atoms with Crippen LogP contribution < -0.4 is 0 Å². The lowest BCUT2D eigenvalue weighted by Gasteiger charge is -2.21. The SMILES string of the molecule is COCCN(CCC(=O)O)C(=O)C1CC1C. The Morgan fingerprint density at radius 2 is 2.06 bits per heavy atom. The van der Waals surface area contributed by atoms with Crippen molar-refractivity contribution in [2.75, 3.05) is 26.8 Å². The number of ether oxygens (including phenoxy) is 1. The molecule has 0 aromatic carbocycles. The molecule has 0 aromatic heterocycles. The van der Waals surface area contributed by atoms with Crippen LogP contribution in [0.5, 0.6) is 0 Å². The first-order chi connectivity index (χ1) is 7.56. The van der Waals surface area contributed by atoms with Crippen LogP contribution in [0.25, 0.3) is 0 Å². The number of carbonyl (C=O) groups excluding carboxylic acids is 1. The molecule has 2 atom stereocenters. The zero-order chi connectivity index (χ0) is 12.1. The van der Waals surface area contributed by atoms with Crippen molar-refractivity contribution < 1.29 is 19.4 Å². The van der Waals surface area contributed by atoms with Crippen molar-refractivity contribution in [1.29, 1.82) is 0 Å². The van der Waals surface area contributed by atoms with Crippen molar-refractivity contribution in [2.24, 2.45) is 11.8 Å². The van der Waals surface area contributed by atoms with E-state index in [9.17, 15) is 9.59 Å². The van der Waals surface area contributed by atoms with Gasteiger partial charge in [0, 0.05) is 26.1 Å². The summed E-state index contributed by atoms with van der Waals surface area (Å²) in [7, 11) is 1.57. The van der Waals surface area contributed by atoms with Crippen molar-refractivity contribution in [3.63, 3.8) is 0 Å². The van der Waals surface area contributed by atoms with Gasteiger partial charge in [0.05, 0.1) is 13.0 Å². The van der Waals surface area contributed by atoms with Crippen LogP contribution in [0, 0.1) is 11.8 Å². The molecule has 0 bridgehead atoms. The molecule has 2 unspecified atom stereocenters. The van der Waals surface area contributed by atoms with Crippen molar-refractivity contribution in [3.8, 4) is 0 Å². The summed E-state index contributed by atoms with van der Waals surface area (Å²) in [6, 6.07) is 0. The van der Waals surface area contributed by atoms with Gasteiger partial charge < -0.3 is 14.7 Å². The molecular formula is C11H19NO4. The van der Waals surface area contributed by atoms with E-state index in [1.807, 2.05) is 6.92 Å². The number of hydrogen-bond donors (Lipinski definition) is 1. The van der Waals surface area contributed by atoms with Crippen LogP contribution in [-0.2, 0) is 14.3 Å². The van der Waals surface area contributed by atoms with Crippen molar-refractivity contribution >= 4 is 11.9 Å². The van der Waals surface area contributed by atoms with Crippen LogP contribution in [0.15, 0.2) is 0 Å². The highest BCUT2D eigenvalue weighted by Gasteiger charge is 2.41. The second kappa shape index (κ2) is 5.84. The maximum atomic E-state index is 11.9. The number of carboxylic acid groups (broad SMARTS) is 1. The summed E-state index contributed by atoms with van der Waals surface area (Å²) in [6.07, 6.45) is 0.923. The summed E-state index contributed by atoms with van der Waals surface area (Å²) >= 11 is 0. The summed E-state index contributed by atoms with van der Waals surface area (Å²) in [5.74, 6) is -0.252. The molecule has 1 aliphatic carbocycles. The Labute approximate surface area is 95.4 Å². The zero-order valence-electron chi connectivity index (χ0n) is 9.81. The summed E-state index contributed by atoms with van der Waals surface area (Å²) < 4.78 is 4.91. The molecule has 92 valence electrons. The molecule has 0 radical (unpaired) electrons. The normalized spacial score (nSPS) is 22.9. The molecule has 1 rings (SSSR count). The smallest absolute Gasteiger partial charge is 0.305 e. The van der Waals surface area contributed by atoms with E-state index in [-0.39, 0.29) is 24.8 Å². The average molecular weight is 229 g/mol. The molecule has 0 saturated heterocycles. The predicted octanol–water partition coefficient (Wildman–Crippen LogP) is 0.592. The summed E-state index contributed by atoms with van der Waals surface area (Å²) in [6.45, 7) is 3.24. The highest BCUT2D eigenvalue weighted by atomic mass is 16.5. The third-order valence-corrected chi connectivity index (χ3v) is 2.90. The van der Waals surface area contributed by atoms with E-state index in [0.717, 1.165) is 6.42 Å². The van der Waals surface area contributed by atoms with Crippen LogP contribution in [0.2, 0.25) is 0 Å². The first kappa shape index (κ1) is 13.0. The molecule has 1 aliphatic rings. The van der Waals surface area contributed by atoms with Gasteiger partial charge in [-0.1, -0.05) is 6.92 Å². The highest BCUT2D eigenvalue weighted by Crippen LogP contribution is 2.39. The third kappa shape index (κ3) is 3.81. The van der Waals surface area contributed by atoms with Crippen LogP contribution in [0.3, 0.4) is 0 Å². The van der Waals surface area contributed by atoms with Crippen molar-refractivity contribution in [2.45, 2.75) is 19.8 Å². The van der Waals surface area contributed by atoms with E-state index in [0.29, 0.717) is 19.1 Å². The van der Waals surface area contributed by atoms with Gasteiger partial charge in [-0.2, -0.15) is 0 Å². The lowest BCUT2D eigenvalue weighted by molar-refractivity contribution is -0.139. The summed E-state index contributed by atoms with van der Waals surface area (Å²) in [4.78, 5) is 24.0. The van der Waals surface area contributed by atoms with E-state index in [4.69, 9.17) is 9.84 Å². The van der Waals surface area contributed by atoms with Gasteiger partial charge in [-0.3, -0.25) is 9.59 Å². The number of nitrogens with zero attached hydrogens (tertiary/aromatic N) is 1. The lowest BCUT2D eigenvalue weighted by Crippen LogP contribution is -2.37. The number of methoxy groups -OCH3 is 1. The molecule has 0 heterocycles. The Hall–Kier alpha value is -1.10. The maximum Gasteiger partial charge on any atom is 0.305 e. The van der Waals surface area contributed by atoms with Crippen LogP contribution in [0.1, 0.15) is 19.8 Å². The van der Waals surface area contributed by atoms with Gasteiger partial charge in [-0.15, -0.1) is 0 Å². The van der Waals surface area contributed by atoms with E-state index in [1.54, 1.807) is 12.0 Å². The van der Waals surface area contributed by atoms with Crippen molar-refractivity contribution in [3.05, 3.63) is 0 Å². The van der Waals surface area contributed by atoms with Gasteiger partial charge in [0.1, 0.15) is 0 Å². The molecule has 0 aromatic rings. The maximum absolute atomic E-state index is 11.9. The summed E-state index contributed by atoms with van der Waals surface area (Å²) in [5.41, 5.74) is 0. The largest absolute Gasteiger partial charge is 0.481 e. The first-order valence-corrected chi connectivity index (χ1v) is 5.55.